The number of nitrogens with zero attached hydrogens (tertiary/aromatic N) is 3. The van der Waals surface area contributed by atoms with Gasteiger partial charge in [-0.15, -0.1) is 0 Å². The highest BCUT2D eigenvalue weighted by Gasteiger charge is 2.14. The van der Waals surface area contributed by atoms with Gasteiger partial charge in [-0.25, -0.2) is 9.97 Å². The highest BCUT2D eigenvalue weighted by atomic mass is 16.5. The number of rotatable bonds is 3. The lowest BCUT2D eigenvalue weighted by Gasteiger charge is -2.27. The molecule has 1 aliphatic heterocycles. The Labute approximate surface area is 109 Å². The average Bonchev–Trinajstić information content (AvgIpc) is 2.37. The van der Waals surface area contributed by atoms with E-state index in [2.05, 4.69) is 41.0 Å². The number of aromatic nitrogens is 2. The lowest BCUT2D eigenvalue weighted by atomic mass is 9.99. The Hall–Kier alpha value is -1.36. The molecule has 1 aromatic rings. The van der Waals surface area contributed by atoms with E-state index >= 15 is 0 Å². The summed E-state index contributed by atoms with van der Waals surface area (Å²) in [6.45, 7) is 11.0. The molecule has 0 atom stereocenters. The summed E-state index contributed by atoms with van der Waals surface area (Å²) in [5.41, 5.74) is 0.150. The van der Waals surface area contributed by atoms with E-state index in [9.17, 15) is 0 Å². The standard InChI is InChI=1S/C13H22N4O/c1-13(2,3)10-18-11-8-15-12(16-9-11)17-6-4-14-5-7-17/h8-9,14H,4-7,10H2,1-3H3. The third-order valence-electron chi connectivity index (χ3n) is 2.69. The number of hydrogen-bond donors (Lipinski definition) is 1. The number of hydrogen-bond acceptors (Lipinski definition) is 5. The van der Waals surface area contributed by atoms with Gasteiger partial charge < -0.3 is 15.0 Å². The molecular formula is C13H22N4O. The van der Waals surface area contributed by atoms with Gasteiger partial charge in [0.1, 0.15) is 0 Å². The molecule has 0 amide bonds. The molecule has 1 aromatic heterocycles. The predicted octanol–water partition coefficient (Wildman–Crippen LogP) is 1.31. The van der Waals surface area contributed by atoms with Crippen LogP contribution >= 0.6 is 0 Å². The van der Waals surface area contributed by atoms with Crippen LogP contribution in [0.2, 0.25) is 0 Å². The lowest BCUT2D eigenvalue weighted by Crippen LogP contribution is -2.44. The summed E-state index contributed by atoms with van der Waals surface area (Å²) in [6, 6.07) is 0. The fourth-order valence-corrected chi connectivity index (χ4v) is 1.71. The third-order valence-corrected chi connectivity index (χ3v) is 2.69. The van der Waals surface area contributed by atoms with Crippen molar-refractivity contribution >= 4 is 5.95 Å². The second-order valence-corrected chi connectivity index (χ2v) is 5.81. The van der Waals surface area contributed by atoms with Crippen molar-refractivity contribution in [1.29, 1.82) is 0 Å². The second kappa shape index (κ2) is 5.52. The Morgan fingerprint density at radius 2 is 1.83 bits per heavy atom. The van der Waals surface area contributed by atoms with E-state index in [4.69, 9.17) is 4.74 Å². The summed E-state index contributed by atoms with van der Waals surface area (Å²) in [7, 11) is 0. The van der Waals surface area contributed by atoms with Crippen LogP contribution < -0.4 is 15.0 Å². The molecule has 5 nitrogen and oxygen atoms in total. The molecule has 0 bridgehead atoms. The molecule has 1 N–H and O–H groups in total. The fraction of sp³-hybridized carbons (Fsp3) is 0.692. The Bertz CT molecular complexity index is 366. The minimum Gasteiger partial charge on any atom is -0.490 e. The molecule has 1 aliphatic rings. The zero-order valence-electron chi connectivity index (χ0n) is 11.4. The van der Waals surface area contributed by atoms with E-state index in [1.54, 1.807) is 12.4 Å². The van der Waals surface area contributed by atoms with Crippen LogP contribution in [0.1, 0.15) is 20.8 Å². The van der Waals surface area contributed by atoms with Crippen LogP contribution in [0.4, 0.5) is 5.95 Å². The first kappa shape index (κ1) is 13.1. The van der Waals surface area contributed by atoms with Crippen molar-refractivity contribution in [3.8, 4) is 5.75 Å². The van der Waals surface area contributed by atoms with Crippen LogP contribution in [-0.2, 0) is 0 Å². The third kappa shape index (κ3) is 3.84. The van der Waals surface area contributed by atoms with E-state index in [0.29, 0.717) is 6.61 Å². The molecule has 1 fully saturated rings. The topological polar surface area (TPSA) is 50.3 Å². The normalized spacial score (nSPS) is 16.7. The van der Waals surface area contributed by atoms with Gasteiger partial charge >= 0.3 is 0 Å². The molecule has 0 spiro atoms. The van der Waals surface area contributed by atoms with Crippen molar-refractivity contribution in [3.63, 3.8) is 0 Å². The number of anilines is 1. The maximum atomic E-state index is 5.66. The molecule has 2 rings (SSSR count). The monoisotopic (exact) mass is 250 g/mol. The molecule has 0 saturated carbocycles. The Morgan fingerprint density at radius 1 is 1.22 bits per heavy atom. The maximum Gasteiger partial charge on any atom is 0.225 e. The minimum absolute atomic E-state index is 0.150. The zero-order chi connectivity index (χ0) is 13.0. The average molecular weight is 250 g/mol. The van der Waals surface area contributed by atoms with E-state index < -0.39 is 0 Å². The van der Waals surface area contributed by atoms with Crippen molar-refractivity contribution in [2.75, 3.05) is 37.7 Å². The fourth-order valence-electron chi connectivity index (χ4n) is 1.71. The Morgan fingerprint density at radius 3 is 2.39 bits per heavy atom. The summed E-state index contributed by atoms with van der Waals surface area (Å²) in [6.07, 6.45) is 3.52. The van der Waals surface area contributed by atoms with Crippen molar-refractivity contribution in [2.45, 2.75) is 20.8 Å². The number of ether oxygens (including phenoxy) is 1. The quantitative estimate of drug-likeness (QED) is 0.876. The maximum absolute atomic E-state index is 5.66. The van der Waals surface area contributed by atoms with Gasteiger partial charge in [-0.05, 0) is 5.41 Å². The summed E-state index contributed by atoms with van der Waals surface area (Å²) in [5, 5.41) is 3.31. The van der Waals surface area contributed by atoms with Gasteiger partial charge in [0.15, 0.2) is 5.75 Å². The first-order valence-corrected chi connectivity index (χ1v) is 6.45. The van der Waals surface area contributed by atoms with Gasteiger partial charge in [0, 0.05) is 26.2 Å². The highest BCUT2D eigenvalue weighted by Crippen LogP contribution is 2.17. The molecular weight excluding hydrogens is 228 g/mol. The number of piperazine rings is 1. The van der Waals surface area contributed by atoms with Gasteiger partial charge in [0.25, 0.3) is 0 Å². The molecule has 100 valence electrons. The number of nitrogens with one attached hydrogen (secondary N) is 1. The molecule has 0 radical (unpaired) electrons. The first-order valence-electron chi connectivity index (χ1n) is 6.45. The van der Waals surface area contributed by atoms with E-state index in [-0.39, 0.29) is 5.41 Å². The highest BCUT2D eigenvalue weighted by molar-refractivity contribution is 5.32. The largest absolute Gasteiger partial charge is 0.490 e. The SMILES string of the molecule is CC(C)(C)COc1cnc(N2CCNCC2)nc1. The van der Waals surface area contributed by atoms with E-state index in [0.717, 1.165) is 37.9 Å². The molecule has 2 heterocycles. The van der Waals surface area contributed by atoms with Crippen molar-refractivity contribution in [1.82, 2.24) is 15.3 Å². The van der Waals surface area contributed by atoms with Gasteiger partial charge in [-0.3, -0.25) is 0 Å². The molecule has 0 aliphatic carbocycles. The lowest BCUT2D eigenvalue weighted by molar-refractivity contribution is 0.196. The Kier molecular flexibility index (Phi) is 4.01. The predicted molar refractivity (Wildman–Crippen MR) is 72.1 cm³/mol. The van der Waals surface area contributed by atoms with Crippen LogP contribution in [-0.4, -0.2) is 42.8 Å². The molecule has 18 heavy (non-hydrogen) atoms. The molecule has 5 heteroatoms. The van der Waals surface area contributed by atoms with Gasteiger partial charge in [-0.2, -0.15) is 0 Å². The van der Waals surface area contributed by atoms with E-state index in [1.807, 2.05) is 0 Å². The van der Waals surface area contributed by atoms with Gasteiger partial charge in [-0.1, -0.05) is 20.8 Å². The molecule has 1 saturated heterocycles. The van der Waals surface area contributed by atoms with Crippen LogP contribution in [0.5, 0.6) is 5.75 Å². The van der Waals surface area contributed by atoms with Crippen LogP contribution in [0, 0.1) is 5.41 Å². The van der Waals surface area contributed by atoms with Crippen molar-refractivity contribution in [2.24, 2.45) is 5.41 Å². The molecule has 0 aromatic carbocycles. The van der Waals surface area contributed by atoms with Gasteiger partial charge in [0.2, 0.25) is 5.95 Å². The summed E-state index contributed by atoms with van der Waals surface area (Å²) in [4.78, 5) is 10.9. The van der Waals surface area contributed by atoms with Crippen LogP contribution in [0.3, 0.4) is 0 Å². The van der Waals surface area contributed by atoms with Crippen LogP contribution in [0.25, 0.3) is 0 Å². The van der Waals surface area contributed by atoms with Gasteiger partial charge in [0.05, 0.1) is 19.0 Å². The Balaban J connectivity index is 1.92. The second-order valence-electron chi connectivity index (χ2n) is 5.81. The van der Waals surface area contributed by atoms with Crippen molar-refractivity contribution < 1.29 is 4.74 Å². The zero-order valence-corrected chi connectivity index (χ0v) is 11.4. The van der Waals surface area contributed by atoms with E-state index in [1.165, 1.54) is 0 Å². The summed E-state index contributed by atoms with van der Waals surface area (Å²) < 4.78 is 5.66. The molecule has 0 unspecified atom stereocenters. The summed E-state index contributed by atoms with van der Waals surface area (Å²) in [5.74, 6) is 1.53. The smallest absolute Gasteiger partial charge is 0.225 e. The minimum atomic E-state index is 0.150. The first-order chi connectivity index (χ1) is 8.54. The van der Waals surface area contributed by atoms with Crippen LogP contribution in [0.15, 0.2) is 12.4 Å². The van der Waals surface area contributed by atoms with Crippen molar-refractivity contribution in [3.05, 3.63) is 12.4 Å². The summed E-state index contributed by atoms with van der Waals surface area (Å²) >= 11 is 0.